The van der Waals surface area contributed by atoms with Crippen molar-refractivity contribution in [1.29, 1.82) is 0 Å². The summed E-state index contributed by atoms with van der Waals surface area (Å²) in [7, 11) is 0. The fourth-order valence-electron chi connectivity index (χ4n) is 2.00. The third-order valence-electron chi connectivity index (χ3n) is 2.83. The summed E-state index contributed by atoms with van der Waals surface area (Å²) in [5.41, 5.74) is -0.169. The number of carboxylic acids is 1. The van der Waals surface area contributed by atoms with E-state index in [2.05, 4.69) is 4.98 Å². The first kappa shape index (κ1) is 12.3. The highest BCUT2D eigenvalue weighted by Gasteiger charge is 2.18. The first-order valence-electron chi connectivity index (χ1n) is 5.63. The van der Waals surface area contributed by atoms with Gasteiger partial charge in [0, 0.05) is 12.1 Å². The van der Waals surface area contributed by atoms with Gasteiger partial charge in [-0.2, -0.15) is 0 Å². The molecule has 0 fully saturated rings. The molecule has 4 nitrogen and oxygen atoms in total. The van der Waals surface area contributed by atoms with Crippen LogP contribution in [-0.4, -0.2) is 16.1 Å². The highest BCUT2D eigenvalue weighted by molar-refractivity contribution is 6.03. The summed E-state index contributed by atoms with van der Waals surface area (Å²) in [5, 5.41) is 8.95. The van der Waals surface area contributed by atoms with Crippen molar-refractivity contribution in [3.63, 3.8) is 0 Å². The molecule has 0 unspecified atom stereocenters. The molecule has 20 heavy (non-hydrogen) atoms. The number of hydrogen-bond acceptors (Lipinski definition) is 3. The van der Waals surface area contributed by atoms with E-state index in [9.17, 15) is 18.7 Å². The third kappa shape index (κ3) is 1.91. The molecule has 100 valence electrons. The second-order valence-electron chi connectivity index (χ2n) is 4.12. The molecule has 0 aliphatic heterocycles. The van der Waals surface area contributed by atoms with E-state index in [1.165, 1.54) is 12.3 Å². The van der Waals surface area contributed by atoms with Gasteiger partial charge in [0.1, 0.15) is 17.3 Å². The van der Waals surface area contributed by atoms with E-state index < -0.39 is 17.6 Å². The Morgan fingerprint density at radius 2 is 2.05 bits per heavy atom. The zero-order valence-corrected chi connectivity index (χ0v) is 9.93. The first-order valence-corrected chi connectivity index (χ1v) is 5.63. The molecule has 0 atom stereocenters. The van der Waals surface area contributed by atoms with Gasteiger partial charge >= 0.3 is 5.97 Å². The molecule has 2 aromatic heterocycles. The lowest BCUT2D eigenvalue weighted by molar-refractivity contribution is 0.0698. The molecular formula is C14H7F2NO3. The number of hydrogen-bond donors (Lipinski definition) is 1. The lowest BCUT2D eigenvalue weighted by atomic mass is 10.1. The van der Waals surface area contributed by atoms with Crippen molar-refractivity contribution in [2.24, 2.45) is 0 Å². The van der Waals surface area contributed by atoms with Gasteiger partial charge in [0.05, 0.1) is 22.7 Å². The Bertz CT molecular complexity index is 813. The first-order chi connectivity index (χ1) is 9.56. The van der Waals surface area contributed by atoms with Crippen molar-refractivity contribution in [2.45, 2.75) is 0 Å². The average molecular weight is 275 g/mol. The number of aromatic carboxylic acids is 1. The van der Waals surface area contributed by atoms with Crippen LogP contribution >= 0.6 is 0 Å². The zero-order valence-electron chi connectivity index (χ0n) is 9.93. The molecule has 0 spiro atoms. The van der Waals surface area contributed by atoms with Gasteiger partial charge in [-0.1, -0.05) is 0 Å². The van der Waals surface area contributed by atoms with Crippen molar-refractivity contribution in [1.82, 2.24) is 4.98 Å². The summed E-state index contributed by atoms with van der Waals surface area (Å²) in [4.78, 5) is 15.3. The summed E-state index contributed by atoms with van der Waals surface area (Å²) < 4.78 is 32.1. The molecule has 0 saturated heterocycles. The number of aromatic nitrogens is 1. The number of fused-ring (bicyclic) bond motifs is 1. The SMILES string of the molecule is O=C(O)c1cc(-c2ccco2)nc2cc(F)cc(F)c12. The lowest BCUT2D eigenvalue weighted by Crippen LogP contribution is -2.02. The minimum atomic E-state index is -1.32. The van der Waals surface area contributed by atoms with Gasteiger partial charge in [-0.25, -0.2) is 18.6 Å². The molecular weight excluding hydrogens is 268 g/mol. The maximum atomic E-state index is 13.8. The molecule has 2 heterocycles. The van der Waals surface area contributed by atoms with Crippen molar-refractivity contribution in [3.05, 3.63) is 53.8 Å². The Morgan fingerprint density at radius 3 is 2.70 bits per heavy atom. The monoisotopic (exact) mass is 275 g/mol. The maximum absolute atomic E-state index is 13.8. The van der Waals surface area contributed by atoms with E-state index in [0.29, 0.717) is 11.8 Å². The fourth-order valence-corrected chi connectivity index (χ4v) is 2.00. The molecule has 0 radical (unpaired) electrons. The molecule has 0 amide bonds. The number of benzene rings is 1. The topological polar surface area (TPSA) is 63.3 Å². The van der Waals surface area contributed by atoms with Gasteiger partial charge in [-0.05, 0) is 18.2 Å². The van der Waals surface area contributed by atoms with Crippen LogP contribution in [-0.2, 0) is 0 Å². The Kier molecular flexibility index (Phi) is 2.71. The molecule has 1 aromatic carbocycles. The number of carbonyl (C=O) groups is 1. The average Bonchev–Trinajstić information content (AvgIpc) is 2.90. The van der Waals surface area contributed by atoms with Crippen LogP contribution in [0.2, 0.25) is 0 Å². The van der Waals surface area contributed by atoms with Crippen LogP contribution < -0.4 is 0 Å². The highest BCUT2D eigenvalue weighted by atomic mass is 19.1. The molecule has 0 aliphatic rings. The Morgan fingerprint density at radius 1 is 1.25 bits per heavy atom. The molecule has 1 N–H and O–H groups in total. The number of pyridine rings is 1. The van der Waals surface area contributed by atoms with Crippen molar-refractivity contribution >= 4 is 16.9 Å². The van der Waals surface area contributed by atoms with Gasteiger partial charge in [0.2, 0.25) is 0 Å². The maximum Gasteiger partial charge on any atom is 0.336 e. The van der Waals surface area contributed by atoms with Crippen LogP contribution in [0.4, 0.5) is 8.78 Å². The summed E-state index contributed by atoms with van der Waals surface area (Å²) in [5.74, 6) is -2.79. The minimum absolute atomic E-state index is 0.0752. The van der Waals surface area contributed by atoms with Crippen LogP contribution in [0.15, 0.2) is 41.0 Å². The quantitative estimate of drug-likeness (QED) is 0.777. The van der Waals surface area contributed by atoms with Gasteiger partial charge in [0.15, 0.2) is 5.76 Å². The van der Waals surface area contributed by atoms with Crippen LogP contribution in [0.3, 0.4) is 0 Å². The van der Waals surface area contributed by atoms with Gasteiger partial charge in [-0.3, -0.25) is 0 Å². The number of halogens is 2. The van der Waals surface area contributed by atoms with E-state index in [4.69, 9.17) is 4.42 Å². The van der Waals surface area contributed by atoms with E-state index in [-0.39, 0.29) is 22.2 Å². The molecule has 3 rings (SSSR count). The van der Waals surface area contributed by atoms with Crippen molar-refractivity contribution < 1.29 is 23.1 Å². The Hall–Kier alpha value is -2.76. The standard InChI is InChI=1S/C14H7F2NO3/c15-7-4-9(16)13-8(14(18)19)6-10(17-11(13)5-7)12-2-1-3-20-12/h1-6H,(H,18,19). The molecule has 0 bridgehead atoms. The summed E-state index contributed by atoms with van der Waals surface area (Å²) in [6.07, 6.45) is 1.40. The number of furan rings is 1. The molecule has 0 saturated carbocycles. The van der Waals surface area contributed by atoms with Crippen LogP contribution in [0, 0.1) is 11.6 Å². The van der Waals surface area contributed by atoms with E-state index in [0.717, 1.165) is 6.07 Å². The van der Waals surface area contributed by atoms with Crippen molar-refractivity contribution in [3.8, 4) is 11.5 Å². The molecule has 3 aromatic rings. The predicted molar refractivity (Wildman–Crippen MR) is 66.3 cm³/mol. The Labute approximate surface area is 111 Å². The fraction of sp³-hybridized carbons (Fsp3) is 0. The van der Waals surface area contributed by atoms with Crippen LogP contribution in [0.25, 0.3) is 22.4 Å². The van der Waals surface area contributed by atoms with Gasteiger partial charge in [0.25, 0.3) is 0 Å². The largest absolute Gasteiger partial charge is 0.478 e. The van der Waals surface area contributed by atoms with Gasteiger partial charge in [-0.15, -0.1) is 0 Å². The number of nitrogens with zero attached hydrogens (tertiary/aromatic N) is 1. The smallest absolute Gasteiger partial charge is 0.336 e. The van der Waals surface area contributed by atoms with Crippen molar-refractivity contribution in [2.75, 3.05) is 0 Å². The normalized spacial score (nSPS) is 10.9. The highest BCUT2D eigenvalue weighted by Crippen LogP contribution is 2.27. The number of rotatable bonds is 2. The summed E-state index contributed by atoms with van der Waals surface area (Å²) in [6, 6.07) is 5.99. The second kappa shape index (κ2) is 4.41. The minimum Gasteiger partial charge on any atom is -0.478 e. The number of carboxylic acid groups (broad SMARTS) is 1. The van der Waals surface area contributed by atoms with E-state index in [1.54, 1.807) is 12.1 Å². The van der Waals surface area contributed by atoms with E-state index in [1.807, 2.05) is 0 Å². The third-order valence-corrected chi connectivity index (χ3v) is 2.83. The molecule has 0 aliphatic carbocycles. The summed E-state index contributed by atoms with van der Waals surface area (Å²) in [6.45, 7) is 0. The zero-order chi connectivity index (χ0) is 14.3. The second-order valence-corrected chi connectivity index (χ2v) is 4.12. The molecule has 6 heteroatoms. The predicted octanol–water partition coefficient (Wildman–Crippen LogP) is 3.47. The Balaban J connectivity index is 2.40. The van der Waals surface area contributed by atoms with Crippen LogP contribution in [0.1, 0.15) is 10.4 Å². The summed E-state index contributed by atoms with van der Waals surface area (Å²) >= 11 is 0. The van der Waals surface area contributed by atoms with E-state index >= 15 is 0 Å². The van der Waals surface area contributed by atoms with Crippen LogP contribution in [0.5, 0.6) is 0 Å². The lowest BCUT2D eigenvalue weighted by Gasteiger charge is -2.06. The van der Waals surface area contributed by atoms with Gasteiger partial charge < -0.3 is 9.52 Å².